The maximum absolute atomic E-state index is 13.2. The summed E-state index contributed by atoms with van der Waals surface area (Å²) in [5.74, 6) is -1.77. The van der Waals surface area contributed by atoms with Crippen molar-refractivity contribution in [1.29, 1.82) is 0 Å². The highest BCUT2D eigenvalue weighted by Crippen LogP contribution is 2.30. The molecule has 0 radical (unpaired) electrons. The normalized spacial score (nSPS) is 11.6. The fraction of sp³-hybridized carbons (Fsp3) is 0. The minimum atomic E-state index is -1.22. The quantitative estimate of drug-likeness (QED) is 0.399. The fourth-order valence-electron chi connectivity index (χ4n) is 2.43. The van der Waals surface area contributed by atoms with Gasteiger partial charge in [0, 0.05) is 5.56 Å². The Morgan fingerprint density at radius 1 is 0.731 bits per heavy atom. The molecule has 130 valence electrons. The smallest absolute Gasteiger partial charge is 0.340 e. The first-order valence-electron chi connectivity index (χ1n) is 7.77. The average Bonchev–Trinajstić information content (AvgIpc) is 2.65. The second kappa shape index (κ2) is 7.61. The van der Waals surface area contributed by atoms with Gasteiger partial charge in [0.25, 0.3) is 0 Å². The number of carboxylic acid groups (broad SMARTS) is 1. The number of halogens is 2. The topological polar surface area (TPSA) is 46.5 Å². The van der Waals surface area contributed by atoms with Gasteiger partial charge in [-0.1, -0.05) is 42.5 Å². The number of rotatable bonds is 5. The minimum absolute atomic E-state index is 0.0799. The van der Waals surface area contributed by atoms with Crippen molar-refractivity contribution in [3.05, 3.63) is 102 Å². The average molecular weight is 352 g/mol. The molecule has 3 nitrogen and oxygen atoms in total. The molecule has 0 aliphatic rings. The van der Waals surface area contributed by atoms with Crippen molar-refractivity contribution in [2.24, 2.45) is 0 Å². The molecule has 0 aliphatic heterocycles. The first kappa shape index (κ1) is 17.4. The summed E-state index contributed by atoms with van der Waals surface area (Å²) in [4.78, 5) is 12.0. The summed E-state index contributed by atoms with van der Waals surface area (Å²) in [6.45, 7) is 0. The van der Waals surface area contributed by atoms with Gasteiger partial charge in [-0.2, -0.15) is 0 Å². The van der Waals surface area contributed by atoms with Gasteiger partial charge in [0.2, 0.25) is 0 Å². The van der Waals surface area contributed by atoms with E-state index < -0.39 is 17.6 Å². The molecule has 0 spiro atoms. The molecular weight excluding hydrogens is 338 g/mol. The maximum Gasteiger partial charge on any atom is 0.340 e. The highest BCUT2D eigenvalue weighted by molar-refractivity contribution is 6.22. The van der Waals surface area contributed by atoms with Gasteiger partial charge >= 0.3 is 5.97 Å². The van der Waals surface area contributed by atoms with Crippen LogP contribution in [0.2, 0.25) is 0 Å². The summed E-state index contributed by atoms with van der Waals surface area (Å²) >= 11 is 0. The SMILES string of the molecule is O=C(O)/C(=C(\Oc1ccc(F)cc1)c1ccccc1)c1ccc(F)cc1. The first-order valence-corrected chi connectivity index (χ1v) is 7.77. The molecule has 0 saturated heterocycles. The minimum Gasteiger partial charge on any atom is -0.478 e. The molecule has 0 aliphatic carbocycles. The maximum atomic E-state index is 13.2. The molecule has 26 heavy (non-hydrogen) atoms. The molecule has 0 saturated carbocycles. The lowest BCUT2D eigenvalue weighted by Gasteiger charge is -2.15. The van der Waals surface area contributed by atoms with E-state index in [1.54, 1.807) is 30.3 Å². The third-order valence-corrected chi connectivity index (χ3v) is 3.64. The van der Waals surface area contributed by atoms with E-state index in [0.717, 1.165) is 0 Å². The van der Waals surface area contributed by atoms with Gasteiger partial charge in [-0.3, -0.25) is 0 Å². The van der Waals surface area contributed by atoms with Crippen LogP contribution >= 0.6 is 0 Å². The largest absolute Gasteiger partial charge is 0.478 e. The second-order valence-electron chi connectivity index (χ2n) is 5.44. The summed E-state index contributed by atoms with van der Waals surface area (Å²) < 4.78 is 32.2. The first-order chi connectivity index (χ1) is 12.5. The van der Waals surface area contributed by atoms with Crippen LogP contribution in [0.4, 0.5) is 8.78 Å². The Bertz CT molecular complexity index is 931. The van der Waals surface area contributed by atoms with Gasteiger partial charge in [-0.25, -0.2) is 13.6 Å². The van der Waals surface area contributed by atoms with Crippen molar-refractivity contribution in [2.45, 2.75) is 0 Å². The number of carboxylic acids is 1. The van der Waals surface area contributed by atoms with Crippen molar-refractivity contribution in [3.63, 3.8) is 0 Å². The lowest BCUT2D eigenvalue weighted by atomic mass is 10.0. The molecule has 0 aromatic heterocycles. The van der Waals surface area contributed by atoms with E-state index in [9.17, 15) is 18.7 Å². The van der Waals surface area contributed by atoms with Crippen LogP contribution in [0.1, 0.15) is 11.1 Å². The number of benzene rings is 3. The summed E-state index contributed by atoms with van der Waals surface area (Å²) in [5, 5.41) is 9.76. The molecule has 0 unspecified atom stereocenters. The van der Waals surface area contributed by atoms with Crippen molar-refractivity contribution in [2.75, 3.05) is 0 Å². The zero-order chi connectivity index (χ0) is 18.5. The van der Waals surface area contributed by atoms with Crippen LogP contribution in [0, 0.1) is 11.6 Å². The monoisotopic (exact) mass is 352 g/mol. The lowest BCUT2D eigenvalue weighted by Crippen LogP contribution is -2.08. The Hall–Kier alpha value is -3.47. The van der Waals surface area contributed by atoms with E-state index in [0.29, 0.717) is 11.1 Å². The zero-order valence-electron chi connectivity index (χ0n) is 13.5. The Labute approximate surface area is 148 Å². The van der Waals surface area contributed by atoms with Crippen molar-refractivity contribution in [1.82, 2.24) is 0 Å². The van der Waals surface area contributed by atoms with Gasteiger partial charge in [0.15, 0.2) is 0 Å². The van der Waals surface area contributed by atoms with Gasteiger partial charge in [-0.05, 0) is 42.0 Å². The molecule has 3 aromatic rings. The lowest BCUT2D eigenvalue weighted by molar-refractivity contribution is -0.130. The highest BCUT2D eigenvalue weighted by atomic mass is 19.1. The van der Waals surface area contributed by atoms with Crippen LogP contribution in [-0.2, 0) is 4.79 Å². The molecule has 5 heteroatoms. The van der Waals surface area contributed by atoms with Crippen molar-refractivity contribution >= 4 is 17.3 Å². The van der Waals surface area contributed by atoms with Gasteiger partial charge in [-0.15, -0.1) is 0 Å². The van der Waals surface area contributed by atoms with Crippen LogP contribution < -0.4 is 4.74 Å². The van der Waals surface area contributed by atoms with E-state index in [-0.39, 0.29) is 17.1 Å². The van der Waals surface area contributed by atoms with Crippen molar-refractivity contribution in [3.8, 4) is 5.75 Å². The van der Waals surface area contributed by atoms with Gasteiger partial charge < -0.3 is 9.84 Å². The highest BCUT2D eigenvalue weighted by Gasteiger charge is 2.21. The number of aliphatic carboxylic acids is 1. The van der Waals surface area contributed by atoms with Gasteiger partial charge in [0.1, 0.15) is 28.7 Å². The zero-order valence-corrected chi connectivity index (χ0v) is 13.5. The van der Waals surface area contributed by atoms with Crippen LogP contribution in [-0.4, -0.2) is 11.1 Å². The van der Waals surface area contributed by atoms with Crippen LogP contribution in [0.3, 0.4) is 0 Å². The Morgan fingerprint density at radius 2 is 1.27 bits per heavy atom. The fourth-order valence-corrected chi connectivity index (χ4v) is 2.43. The Balaban J connectivity index is 2.18. The molecular formula is C21H14F2O3. The molecule has 0 amide bonds. The second-order valence-corrected chi connectivity index (χ2v) is 5.44. The van der Waals surface area contributed by atoms with Crippen molar-refractivity contribution < 1.29 is 23.4 Å². The molecule has 0 heterocycles. The van der Waals surface area contributed by atoms with Gasteiger partial charge in [0.05, 0.1) is 0 Å². The number of ether oxygens (including phenoxy) is 1. The molecule has 3 rings (SSSR count). The number of carbonyl (C=O) groups is 1. The van der Waals surface area contributed by atoms with E-state index in [1.807, 2.05) is 0 Å². The predicted octanol–water partition coefficient (Wildman–Crippen LogP) is 5.00. The Kier molecular flexibility index (Phi) is 5.08. The van der Waals surface area contributed by atoms with Crippen LogP contribution in [0.15, 0.2) is 78.9 Å². The predicted molar refractivity (Wildman–Crippen MR) is 94.3 cm³/mol. The van der Waals surface area contributed by atoms with E-state index in [1.165, 1.54) is 48.5 Å². The number of hydrogen-bond donors (Lipinski definition) is 1. The summed E-state index contributed by atoms with van der Waals surface area (Å²) in [5.41, 5.74) is 0.693. The number of hydrogen-bond acceptors (Lipinski definition) is 2. The molecule has 0 bridgehead atoms. The molecule has 0 fully saturated rings. The third-order valence-electron chi connectivity index (χ3n) is 3.64. The van der Waals surface area contributed by atoms with Crippen LogP contribution in [0.5, 0.6) is 5.75 Å². The molecule has 3 aromatic carbocycles. The molecule has 1 N–H and O–H groups in total. The van der Waals surface area contributed by atoms with Crippen LogP contribution in [0.25, 0.3) is 11.3 Å². The standard InChI is InChI=1S/C21H14F2O3/c22-16-8-6-14(7-9-16)19(21(24)25)20(15-4-2-1-3-5-15)26-18-12-10-17(23)11-13-18/h1-13H,(H,24,25)/b20-19-. The Morgan fingerprint density at radius 3 is 1.81 bits per heavy atom. The molecule has 0 atom stereocenters. The van der Waals surface area contributed by atoms with E-state index >= 15 is 0 Å². The summed E-state index contributed by atoms with van der Waals surface area (Å²) in [6.07, 6.45) is 0. The summed E-state index contributed by atoms with van der Waals surface area (Å²) in [6, 6.07) is 19.0. The third kappa shape index (κ3) is 3.95. The van der Waals surface area contributed by atoms with E-state index in [4.69, 9.17) is 4.74 Å². The summed E-state index contributed by atoms with van der Waals surface area (Å²) in [7, 11) is 0. The van der Waals surface area contributed by atoms with E-state index in [2.05, 4.69) is 0 Å².